The molecule has 1 N–H and O–H groups in total. The number of rotatable bonds is 8. The number of carbonyl (C=O) groups excluding carboxylic acids is 2. The minimum absolute atomic E-state index is 0.247. The molecule has 0 aliphatic rings. The van der Waals surface area contributed by atoms with Gasteiger partial charge in [-0.15, -0.1) is 0 Å². The largest absolute Gasteiger partial charge is 0.497 e. The number of ether oxygens (including phenoxy) is 3. The van der Waals surface area contributed by atoms with Crippen LogP contribution in [0, 0.1) is 5.92 Å². The van der Waals surface area contributed by atoms with Gasteiger partial charge in [0.15, 0.2) is 6.10 Å². The predicted octanol–water partition coefficient (Wildman–Crippen LogP) is 2.17. The molecule has 0 bridgehead atoms. The first-order valence-electron chi connectivity index (χ1n) is 7.56. The number of carbonyl (C=O) groups is 2. The quantitative estimate of drug-likeness (QED) is 0.742. The SMILES string of the molecule is COC(=O)C(CC(C)C)NC(=O)C(C)Oc1ccc(OC)cc1. The van der Waals surface area contributed by atoms with Crippen LogP contribution in [0.5, 0.6) is 11.5 Å². The highest BCUT2D eigenvalue weighted by Gasteiger charge is 2.25. The fraction of sp³-hybridized carbons (Fsp3) is 0.529. The molecule has 0 aliphatic carbocycles. The third-order valence-electron chi connectivity index (χ3n) is 3.25. The summed E-state index contributed by atoms with van der Waals surface area (Å²) in [5.41, 5.74) is 0. The second-order valence-corrected chi connectivity index (χ2v) is 5.65. The van der Waals surface area contributed by atoms with Gasteiger partial charge in [-0.2, -0.15) is 0 Å². The van der Waals surface area contributed by atoms with Gasteiger partial charge in [-0.3, -0.25) is 4.79 Å². The number of benzene rings is 1. The highest BCUT2D eigenvalue weighted by atomic mass is 16.5. The van der Waals surface area contributed by atoms with Crippen molar-refractivity contribution in [3.63, 3.8) is 0 Å². The average Bonchev–Trinajstić information content (AvgIpc) is 2.53. The van der Waals surface area contributed by atoms with Crippen LogP contribution < -0.4 is 14.8 Å². The zero-order chi connectivity index (χ0) is 17.4. The molecule has 1 amide bonds. The summed E-state index contributed by atoms with van der Waals surface area (Å²) in [5.74, 6) is 0.682. The topological polar surface area (TPSA) is 73.9 Å². The van der Waals surface area contributed by atoms with Gasteiger partial charge in [0.1, 0.15) is 17.5 Å². The van der Waals surface area contributed by atoms with Crippen LogP contribution in [0.3, 0.4) is 0 Å². The van der Waals surface area contributed by atoms with Gasteiger partial charge in [-0.05, 0) is 43.5 Å². The molecule has 2 atom stereocenters. The Morgan fingerprint density at radius 2 is 1.61 bits per heavy atom. The van der Waals surface area contributed by atoms with Crippen molar-refractivity contribution in [3.8, 4) is 11.5 Å². The fourth-order valence-corrected chi connectivity index (χ4v) is 2.03. The zero-order valence-corrected chi connectivity index (χ0v) is 14.3. The molecule has 0 aliphatic heterocycles. The smallest absolute Gasteiger partial charge is 0.328 e. The number of esters is 1. The van der Waals surface area contributed by atoms with Crippen LogP contribution in [-0.4, -0.2) is 38.2 Å². The van der Waals surface area contributed by atoms with Crippen molar-refractivity contribution in [3.05, 3.63) is 24.3 Å². The molecule has 0 fully saturated rings. The Bertz CT molecular complexity index is 512. The molecule has 0 aromatic heterocycles. The van der Waals surface area contributed by atoms with E-state index in [-0.39, 0.29) is 11.8 Å². The van der Waals surface area contributed by atoms with Crippen molar-refractivity contribution in [1.82, 2.24) is 5.32 Å². The molecule has 6 heteroatoms. The van der Waals surface area contributed by atoms with E-state index < -0.39 is 18.1 Å². The second-order valence-electron chi connectivity index (χ2n) is 5.65. The number of nitrogens with one attached hydrogen (secondary N) is 1. The predicted molar refractivity (Wildman–Crippen MR) is 86.5 cm³/mol. The lowest BCUT2D eigenvalue weighted by Gasteiger charge is -2.21. The van der Waals surface area contributed by atoms with Gasteiger partial charge >= 0.3 is 5.97 Å². The van der Waals surface area contributed by atoms with E-state index in [2.05, 4.69) is 5.32 Å². The summed E-state index contributed by atoms with van der Waals surface area (Å²) in [7, 11) is 2.88. The molecule has 0 radical (unpaired) electrons. The molecule has 128 valence electrons. The van der Waals surface area contributed by atoms with E-state index >= 15 is 0 Å². The number of amides is 1. The molecule has 6 nitrogen and oxygen atoms in total. The fourth-order valence-electron chi connectivity index (χ4n) is 2.03. The highest BCUT2D eigenvalue weighted by Crippen LogP contribution is 2.18. The van der Waals surface area contributed by atoms with Crippen molar-refractivity contribution >= 4 is 11.9 Å². The second kappa shape index (κ2) is 9.02. The number of hydrogen-bond acceptors (Lipinski definition) is 5. The van der Waals surface area contributed by atoms with E-state index in [1.165, 1.54) is 7.11 Å². The van der Waals surface area contributed by atoms with Crippen molar-refractivity contribution in [2.45, 2.75) is 39.3 Å². The first kappa shape index (κ1) is 18.8. The Labute approximate surface area is 137 Å². The van der Waals surface area contributed by atoms with Gasteiger partial charge in [-0.1, -0.05) is 13.8 Å². The van der Waals surface area contributed by atoms with Crippen LogP contribution >= 0.6 is 0 Å². The Kier molecular flexibility index (Phi) is 7.38. The van der Waals surface area contributed by atoms with Crippen LogP contribution in [0.2, 0.25) is 0 Å². The minimum Gasteiger partial charge on any atom is -0.497 e. The number of hydrogen-bond donors (Lipinski definition) is 1. The van der Waals surface area contributed by atoms with Crippen LogP contribution in [0.25, 0.3) is 0 Å². The van der Waals surface area contributed by atoms with E-state index in [0.29, 0.717) is 17.9 Å². The highest BCUT2D eigenvalue weighted by molar-refractivity contribution is 5.86. The van der Waals surface area contributed by atoms with E-state index in [0.717, 1.165) is 0 Å². The maximum atomic E-state index is 12.2. The normalized spacial score (nSPS) is 13.1. The van der Waals surface area contributed by atoms with Gasteiger partial charge in [0.05, 0.1) is 14.2 Å². The van der Waals surface area contributed by atoms with Crippen LogP contribution in [0.4, 0.5) is 0 Å². The lowest BCUT2D eigenvalue weighted by atomic mass is 10.0. The van der Waals surface area contributed by atoms with Gasteiger partial charge in [0, 0.05) is 0 Å². The van der Waals surface area contributed by atoms with Crippen LogP contribution in [0.1, 0.15) is 27.2 Å². The van der Waals surface area contributed by atoms with E-state index in [9.17, 15) is 9.59 Å². The van der Waals surface area contributed by atoms with Crippen LogP contribution in [-0.2, 0) is 14.3 Å². The zero-order valence-electron chi connectivity index (χ0n) is 14.3. The summed E-state index contributed by atoms with van der Waals surface area (Å²) in [6, 6.07) is 6.25. The molecule has 0 saturated carbocycles. The van der Waals surface area contributed by atoms with Crippen molar-refractivity contribution in [2.24, 2.45) is 5.92 Å². The third kappa shape index (κ3) is 6.18. The minimum atomic E-state index is -0.734. The first-order chi connectivity index (χ1) is 10.9. The molecular weight excluding hydrogens is 298 g/mol. The monoisotopic (exact) mass is 323 g/mol. The summed E-state index contributed by atoms with van der Waals surface area (Å²) in [4.78, 5) is 24.0. The molecule has 1 rings (SSSR count). The Morgan fingerprint density at radius 3 is 2.09 bits per heavy atom. The summed E-state index contributed by atoms with van der Waals surface area (Å²) < 4.78 is 15.4. The lowest BCUT2D eigenvalue weighted by molar-refractivity contribution is -0.146. The van der Waals surface area contributed by atoms with E-state index in [1.54, 1.807) is 38.3 Å². The standard InChI is InChI=1S/C17H25NO5/c1-11(2)10-15(17(20)22-5)18-16(19)12(3)23-14-8-6-13(21-4)7-9-14/h6-9,11-12,15H,10H2,1-5H3,(H,18,19). The van der Waals surface area contributed by atoms with Gasteiger partial charge in [-0.25, -0.2) is 4.79 Å². The van der Waals surface area contributed by atoms with Crippen LogP contribution in [0.15, 0.2) is 24.3 Å². The van der Waals surface area contributed by atoms with Gasteiger partial charge in [0.25, 0.3) is 5.91 Å². The summed E-state index contributed by atoms with van der Waals surface area (Å²) in [5, 5.41) is 2.68. The van der Waals surface area contributed by atoms with Crippen molar-refractivity contribution in [1.29, 1.82) is 0 Å². The van der Waals surface area contributed by atoms with Crippen molar-refractivity contribution < 1.29 is 23.8 Å². The summed E-state index contributed by atoms with van der Waals surface area (Å²) in [6.45, 7) is 5.57. The first-order valence-corrected chi connectivity index (χ1v) is 7.56. The molecule has 23 heavy (non-hydrogen) atoms. The Hall–Kier alpha value is -2.24. The molecule has 0 heterocycles. The molecular formula is C17H25NO5. The lowest BCUT2D eigenvalue weighted by Crippen LogP contribution is -2.47. The average molecular weight is 323 g/mol. The molecule has 0 saturated heterocycles. The molecule has 0 spiro atoms. The summed E-state index contributed by atoms with van der Waals surface area (Å²) >= 11 is 0. The molecule has 1 aromatic rings. The summed E-state index contributed by atoms with van der Waals surface area (Å²) in [6.07, 6.45) is -0.226. The molecule has 1 aromatic carbocycles. The van der Waals surface area contributed by atoms with E-state index in [4.69, 9.17) is 14.2 Å². The Morgan fingerprint density at radius 1 is 1.04 bits per heavy atom. The number of methoxy groups -OCH3 is 2. The third-order valence-corrected chi connectivity index (χ3v) is 3.25. The van der Waals surface area contributed by atoms with Gasteiger partial charge in [0.2, 0.25) is 0 Å². The van der Waals surface area contributed by atoms with Gasteiger partial charge < -0.3 is 19.5 Å². The maximum Gasteiger partial charge on any atom is 0.328 e. The van der Waals surface area contributed by atoms with Crippen molar-refractivity contribution in [2.75, 3.05) is 14.2 Å². The molecule has 2 unspecified atom stereocenters. The maximum absolute atomic E-state index is 12.2. The Balaban J connectivity index is 2.64. The van der Waals surface area contributed by atoms with E-state index in [1.807, 2.05) is 13.8 Å².